The van der Waals surface area contributed by atoms with Crippen molar-refractivity contribution in [1.29, 1.82) is 0 Å². The summed E-state index contributed by atoms with van der Waals surface area (Å²) in [6, 6.07) is 0. The fourth-order valence-corrected chi connectivity index (χ4v) is 11.3. The maximum absolute atomic E-state index is 13.0. The lowest BCUT2D eigenvalue weighted by Gasteiger charge is -2.21. The number of carbonyl (C=O) groups is 4. The Labute approximate surface area is 511 Å². The van der Waals surface area contributed by atoms with Crippen LogP contribution in [0.15, 0.2) is 0 Å². The second-order valence-corrected chi connectivity index (χ2v) is 27.4. The summed E-state index contributed by atoms with van der Waals surface area (Å²) in [5.41, 5.74) is 0. The van der Waals surface area contributed by atoms with E-state index in [1.165, 1.54) is 122 Å². The summed E-state index contributed by atoms with van der Waals surface area (Å²) in [4.78, 5) is 72.0. The van der Waals surface area contributed by atoms with E-state index in [0.29, 0.717) is 31.6 Å². The zero-order valence-corrected chi connectivity index (χ0v) is 56.0. The Kier molecular flexibility index (Phi) is 56.2. The summed E-state index contributed by atoms with van der Waals surface area (Å²) in [6.45, 7) is 9.40. The number of hydrogen-bond donors (Lipinski definition) is 3. The maximum atomic E-state index is 13.0. The van der Waals surface area contributed by atoms with Crippen LogP contribution in [0.1, 0.15) is 324 Å². The molecule has 0 aliphatic heterocycles. The van der Waals surface area contributed by atoms with Crippen molar-refractivity contribution in [1.82, 2.24) is 0 Å². The number of phosphoric acid groups is 2. The number of unbranched alkanes of at least 4 members (excludes halogenated alkanes) is 34. The Morgan fingerprint density at radius 2 is 0.548 bits per heavy atom. The lowest BCUT2D eigenvalue weighted by molar-refractivity contribution is -0.161. The number of esters is 4. The van der Waals surface area contributed by atoms with Crippen LogP contribution in [-0.4, -0.2) is 96.7 Å². The first kappa shape index (κ1) is 82.1. The van der Waals surface area contributed by atoms with Crippen LogP contribution < -0.4 is 0 Å². The van der Waals surface area contributed by atoms with E-state index in [2.05, 4.69) is 41.5 Å². The minimum absolute atomic E-state index is 0.104. The van der Waals surface area contributed by atoms with Crippen molar-refractivity contribution >= 4 is 39.5 Å². The zero-order valence-electron chi connectivity index (χ0n) is 54.2. The highest BCUT2D eigenvalue weighted by Gasteiger charge is 2.30. The quantitative estimate of drug-likeness (QED) is 0.0222. The van der Waals surface area contributed by atoms with Crippen molar-refractivity contribution in [2.24, 2.45) is 11.8 Å². The van der Waals surface area contributed by atoms with E-state index >= 15 is 0 Å². The van der Waals surface area contributed by atoms with Crippen LogP contribution in [0, 0.1) is 11.8 Å². The molecule has 0 aliphatic rings. The highest BCUT2D eigenvalue weighted by atomic mass is 31.2. The van der Waals surface area contributed by atoms with E-state index in [1.807, 2.05) is 0 Å². The lowest BCUT2D eigenvalue weighted by atomic mass is 10.0. The van der Waals surface area contributed by atoms with Gasteiger partial charge in [-0.2, -0.15) is 0 Å². The Morgan fingerprint density at radius 3 is 0.810 bits per heavy atom. The fourth-order valence-electron chi connectivity index (χ4n) is 9.71. The van der Waals surface area contributed by atoms with Crippen LogP contribution in [0.5, 0.6) is 0 Å². The largest absolute Gasteiger partial charge is 0.472 e. The molecule has 0 saturated heterocycles. The Bertz CT molecular complexity index is 1650. The number of aliphatic hydroxyl groups is 1. The Hall–Kier alpha value is -1.94. The van der Waals surface area contributed by atoms with Gasteiger partial charge >= 0.3 is 39.5 Å². The molecule has 0 aromatic rings. The number of hydrogen-bond acceptors (Lipinski definition) is 15. The normalized spacial score (nSPS) is 14.3. The van der Waals surface area contributed by atoms with Gasteiger partial charge in [-0.05, 0) is 37.5 Å². The number of carbonyl (C=O) groups excluding carboxylic acids is 4. The van der Waals surface area contributed by atoms with Crippen molar-refractivity contribution in [3.05, 3.63) is 0 Å². The topological polar surface area (TPSA) is 237 Å². The van der Waals surface area contributed by atoms with Gasteiger partial charge in [0.05, 0.1) is 26.4 Å². The number of aliphatic hydroxyl groups excluding tert-OH is 1. The van der Waals surface area contributed by atoms with Crippen LogP contribution in [0.25, 0.3) is 0 Å². The molecule has 5 atom stereocenters. The van der Waals surface area contributed by atoms with Gasteiger partial charge in [0.1, 0.15) is 19.3 Å². The summed E-state index contributed by atoms with van der Waals surface area (Å²) in [5, 5.41) is 10.5. The lowest BCUT2D eigenvalue weighted by Crippen LogP contribution is -2.30. The molecule has 2 unspecified atom stereocenters. The van der Waals surface area contributed by atoms with Crippen molar-refractivity contribution < 1.29 is 80.2 Å². The standard InChI is InChI=1S/C65H126O17P2/c1-7-9-11-13-15-28-35-41-47-62(67)75-53-60(81-64(69)49-43-37-29-16-14-12-10-8-2)55-79-83(71,72)77-51-59(66)52-78-84(73,74)80-56-61(54-76-63(68)48-42-36-32-31-34-40-46-58(5)6)82-65(70)50-44-38-30-26-24-22-20-18-17-19-21-23-25-27-33-39-45-57(3)4/h57-61,66H,7-56H2,1-6H3,(H,71,72)(H,73,74)/t59-,60+,61+/m0/s1. The van der Waals surface area contributed by atoms with E-state index in [4.69, 9.17) is 37.0 Å². The molecule has 0 radical (unpaired) electrons. The number of phosphoric ester groups is 2. The molecule has 0 bridgehead atoms. The summed E-state index contributed by atoms with van der Waals surface area (Å²) >= 11 is 0. The summed E-state index contributed by atoms with van der Waals surface area (Å²) < 4.78 is 67.9. The monoisotopic (exact) mass is 1240 g/mol. The molecule has 3 N–H and O–H groups in total. The van der Waals surface area contributed by atoms with Gasteiger partial charge in [0.2, 0.25) is 0 Å². The molecular weight excluding hydrogens is 1110 g/mol. The van der Waals surface area contributed by atoms with Gasteiger partial charge in [-0.15, -0.1) is 0 Å². The Balaban J connectivity index is 5.13. The molecule has 0 aromatic heterocycles. The molecule has 0 rings (SSSR count). The van der Waals surface area contributed by atoms with E-state index in [-0.39, 0.29) is 25.7 Å². The average molecular weight is 1240 g/mol. The van der Waals surface area contributed by atoms with Crippen LogP contribution in [0.4, 0.5) is 0 Å². The highest BCUT2D eigenvalue weighted by molar-refractivity contribution is 7.47. The van der Waals surface area contributed by atoms with Gasteiger partial charge in [0, 0.05) is 25.7 Å². The van der Waals surface area contributed by atoms with Gasteiger partial charge in [-0.3, -0.25) is 37.3 Å². The molecule has 0 aliphatic carbocycles. The Morgan fingerprint density at radius 1 is 0.321 bits per heavy atom. The van der Waals surface area contributed by atoms with E-state index in [9.17, 15) is 43.2 Å². The second kappa shape index (κ2) is 57.5. The molecule has 0 saturated carbocycles. The fraction of sp³-hybridized carbons (Fsp3) is 0.938. The smallest absolute Gasteiger partial charge is 0.462 e. The SMILES string of the molecule is CCCCCCCCCCC(=O)OC[C@H](COP(=O)(O)OC[C@H](O)COP(=O)(O)OC[C@@H](COC(=O)CCCCCCCCC(C)C)OC(=O)CCCCCCCCCCCCCCCCCCC(C)C)OC(=O)CCCCCCCCCC. The van der Waals surface area contributed by atoms with Crippen molar-refractivity contribution in [3.63, 3.8) is 0 Å². The molecule has 498 valence electrons. The summed E-state index contributed by atoms with van der Waals surface area (Å²) in [5.74, 6) is -0.651. The molecule has 0 heterocycles. The maximum Gasteiger partial charge on any atom is 0.472 e. The van der Waals surface area contributed by atoms with Crippen LogP contribution in [0.3, 0.4) is 0 Å². The van der Waals surface area contributed by atoms with Gasteiger partial charge in [-0.25, -0.2) is 9.13 Å². The molecular formula is C65H126O17P2. The van der Waals surface area contributed by atoms with Crippen molar-refractivity contribution in [2.75, 3.05) is 39.6 Å². The molecule has 19 heteroatoms. The molecule has 84 heavy (non-hydrogen) atoms. The van der Waals surface area contributed by atoms with Gasteiger partial charge < -0.3 is 33.8 Å². The summed E-state index contributed by atoms with van der Waals surface area (Å²) in [6.07, 6.45) is 40.7. The summed E-state index contributed by atoms with van der Waals surface area (Å²) in [7, 11) is -9.88. The first-order valence-electron chi connectivity index (χ1n) is 34.0. The van der Waals surface area contributed by atoms with Crippen molar-refractivity contribution in [3.8, 4) is 0 Å². The minimum Gasteiger partial charge on any atom is -0.462 e. The average Bonchev–Trinajstić information content (AvgIpc) is 3.57. The zero-order chi connectivity index (χ0) is 62.2. The van der Waals surface area contributed by atoms with Crippen LogP contribution in [-0.2, 0) is 65.4 Å². The van der Waals surface area contributed by atoms with E-state index in [0.717, 1.165) is 115 Å². The number of ether oxygens (including phenoxy) is 4. The molecule has 0 aromatic carbocycles. The molecule has 0 amide bonds. The molecule has 17 nitrogen and oxygen atoms in total. The van der Waals surface area contributed by atoms with E-state index in [1.54, 1.807) is 0 Å². The van der Waals surface area contributed by atoms with Crippen LogP contribution >= 0.6 is 15.6 Å². The third-order valence-electron chi connectivity index (χ3n) is 15.0. The predicted octanol–water partition coefficient (Wildman–Crippen LogP) is 18.0. The van der Waals surface area contributed by atoms with E-state index < -0.39 is 97.5 Å². The van der Waals surface area contributed by atoms with Crippen LogP contribution in [0.2, 0.25) is 0 Å². The minimum atomic E-state index is -4.94. The molecule has 0 spiro atoms. The third kappa shape index (κ3) is 59.0. The van der Waals surface area contributed by atoms with Crippen molar-refractivity contribution in [2.45, 2.75) is 342 Å². The van der Waals surface area contributed by atoms with Gasteiger partial charge in [0.25, 0.3) is 0 Å². The first-order chi connectivity index (χ1) is 40.4. The number of rotatable bonds is 64. The third-order valence-corrected chi connectivity index (χ3v) is 16.9. The van der Waals surface area contributed by atoms with Gasteiger partial charge in [-0.1, -0.05) is 273 Å². The second-order valence-electron chi connectivity index (χ2n) is 24.5. The highest BCUT2D eigenvalue weighted by Crippen LogP contribution is 2.45. The predicted molar refractivity (Wildman–Crippen MR) is 335 cm³/mol. The van der Waals surface area contributed by atoms with Gasteiger partial charge in [0.15, 0.2) is 12.2 Å². The molecule has 0 fully saturated rings. The first-order valence-corrected chi connectivity index (χ1v) is 37.0.